The number of rotatable bonds is 3. The number of esters is 1. The number of aromatic nitrogens is 1. The Hall–Kier alpha value is -2.96. The summed E-state index contributed by atoms with van der Waals surface area (Å²) < 4.78 is 7.11. The number of halogens is 1. The van der Waals surface area contributed by atoms with Crippen LogP contribution in [0.2, 0.25) is 5.02 Å². The Morgan fingerprint density at radius 1 is 1.15 bits per heavy atom. The topological polar surface area (TPSA) is 60.7 Å². The SMILES string of the molecule is COC(=O)C1=C(C)N=c2sc(=Cc3ccc(C(C)(C)C)cc3)c(=O)n2[C@@H]1c1ccccc1Cl. The third-order valence-electron chi connectivity index (χ3n) is 5.70. The predicted octanol–water partition coefficient (Wildman–Crippen LogP) is 4.36. The number of ether oxygens (including phenoxy) is 1. The van der Waals surface area contributed by atoms with Crippen LogP contribution in [0.1, 0.15) is 50.4 Å². The molecule has 4 rings (SSSR count). The van der Waals surface area contributed by atoms with E-state index in [0.29, 0.717) is 31.2 Å². The van der Waals surface area contributed by atoms with Crippen molar-refractivity contribution in [3.63, 3.8) is 0 Å². The third-order valence-corrected chi connectivity index (χ3v) is 7.03. The molecule has 1 aliphatic rings. The molecule has 7 heteroatoms. The molecule has 2 aromatic carbocycles. The Balaban J connectivity index is 1.92. The summed E-state index contributed by atoms with van der Waals surface area (Å²) in [6.07, 6.45) is 1.86. The van der Waals surface area contributed by atoms with Crippen molar-refractivity contribution in [3.05, 3.63) is 101 Å². The second-order valence-corrected chi connectivity index (χ2v) is 10.4. The summed E-state index contributed by atoms with van der Waals surface area (Å²) >= 11 is 7.80. The molecule has 2 heterocycles. The van der Waals surface area contributed by atoms with Gasteiger partial charge in [-0.25, -0.2) is 9.79 Å². The van der Waals surface area contributed by atoms with Gasteiger partial charge in [0.05, 0.1) is 22.9 Å². The zero-order chi connectivity index (χ0) is 23.9. The van der Waals surface area contributed by atoms with E-state index in [-0.39, 0.29) is 11.0 Å². The highest BCUT2D eigenvalue weighted by atomic mass is 35.5. The van der Waals surface area contributed by atoms with E-state index in [2.05, 4.69) is 37.9 Å². The number of hydrogen-bond acceptors (Lipinski definition) is 5. The fourth-order valence-corrected chi connectivity index (χ4v) is 5.20. The van der Waals surface area contributed by atoms with Gasteiger partial charge in [-0.2, -0.15) is 0 Å². The van der Waals surface area contributed by atoms with Crippen LogP contribution in [0.15, 0.2) is 69.6 Å². The first-order valence-electron chi connectivity index (χ1n) is 10.6. The summed E-state index contributed by atoms with van der Waals surface area (Å²) in [5.74, 6) is -0.534. The first-order valence-corrected chi connectivity index (χ1v) is 11.8. The fourth-order valence-electron chi connectivity index (χ4n) is 3.91. The van der Waals surface area contributed by atoms with Crippen molar-refractivity contribution in [1.29, 1.82) is 0 Å². The first-order chi connectivity index (χ1) is 15.6. The molecule has 0 N–H and O–H groups in total. The Morgan fingerprint density at radius 3 is 2.42 bits per heavy atom. The molecule has 170 valence electrons. The molecule has 1 aromatic heterocycles. The van der Waals surface area contributed by atoms with Gasteiger partial charge in [0, 0.05) is 5.02 Å². The lowest BCUT2D eigenvalue weighted by Crippen LogP contribution is -2.39. The first kappa shape index (κ1) is 23.2. The quantitative estimate of drug-likeness (QED) is 0.523. The van der Waals surface area contributed by atoms with Gasteiger partial charge >= 0.3 is 5.97 Å². The molecule has 0 amide bonds. The summed E-state index contributed by atoms with van der Waals surface area (Å²) in [6, 6.07) is 14.7. The monoisotopic (exact) mass is 480 g/mol. The van der Waals surface area contributed by atoms with Crippen LogP contribution in [-0.2, 0) is 14.9 Å². The average molecular weight is 481 g/mol. The van der Waals surface area contributed by atoms with Crippen LogP contribution in [0, 0.1) is 0 Å². The Bertz CT molecular complexity index is 1440. The minimum absolute atomic E-state index is 0.0502. The Labute approximate surface area is 201 Å². The summed E-state index contributed by atoms with van der Waals surface area (Å²) in [5, 5.41) is 0.464. The second kappa shape index (κ2) is 8.76. The van der Waals surface area contributed by atoms with E-state index in [0.717, 1.165) is 5.56 Å². The maximum atomic E-state index is 13.6. The van der Waals surface area contributed by atoms with E-state index in [1.165, 1.54) is 24.0 Å². The summed E-state index contributed by atoms with van der Waals surface area (Å²) in [4.78, 5) is 31.4. The van der Waals surface area contributed by atoms with E-state index in [1.54, 1.807) is 17.6 Å². The van der Waals surface area contributed by atoms with Gasteiger partial charge in [0.25, 0.3) is 5.56 Å². The highest BCUT2D eigenvalue weighted by Crippen LogP contribution is 2.34. The van der Waals surface area contributed by atoms with Gasteiger partial charge in [-0.15, -0.1) is 0 Å². The van der Waals surface area contributed by atoms with Gasteiger partial charge in [-0.05, 0) is 41.2 Å². The van der Waals surface area contributed by atoms with Crippen LogP contribution in [0.4, 0.5) is 0 Å². The molecule has 1 aliphatic heterocycles. The van der Waals surface area contributed by atoms with Gasteiger partial charge in [-0.1, -0.05) is 86.2 Å². The van der Waals surface area contributed by atoms with Gasteiger partial charge in [0.2, 0.25) is 0 Å². The van der Waals surface area contributed by atoms with Gasteiger partial charge in [0.1, 0.15) is 6.04 Å². The van der Waals surface area contributed by atoms with Crippen LogP contribution in [-0.4, -0.2) is 17.6 Å². The van der Waals surface area contributed by atoms with Crippen molar-refractivity contribution >= 4 is 35.0 Å². The van der Waals surface area contributed by atoms with Crippen molar-refractivity contribution in [2.75, 3.05) is 7.11 Å². The second-order valence-electron chi connectivity index (χ2n) is 8.97. The molecule has 1 atom stereocenters. The smallest absolute Gasteiger partial charge is 0.338 e. The summed E-state index contributed by atoms with van der Waals surface area (Å²) in [6.45, 7) is 8.24. The Kier molecular flexibility index (Phi) is 6.16. The molecule has 0 spiro atoms. The van der Waals surface area contributed by atoms with E-state index in [9.17, 15) is 9.59 Å². The average Bonchev–Trinajstić information content (AvgIpc) is 3.07. The predicted molar refractivity (Wildman–Crippen MR) is 132 cm³/mol. The molecular formula is C26H25ClN2O3S. The highest BCUT2D eigenvalue weighted by molar-refractivity contribution is 7.07. The van der Waals surface area contributed by atoms with Crippen molar-refractivity contribution in [1.82, 2.24) is 4.57 Å². The maximum Gasteiger partial charge on any atom is 0.338 e. The van der Waals surface area contributed by atoms with Crippen LogP contribution in [0.3, 0.4) is 0 Å². The van der Waals surface area contributed by atoms with Gasteiger partial charge in [-0.3, -0.25) is 9.36 Å². The normalized spacial score (nSPS) is 16.4. The Morgan fingerprint density at radius 2 is 1.82 bits per heavy atom. The van der Waals surface area contributed by atoms with Crippen LogP contribution in [0.25, 0.3) is 6.08 Å². The zero-order valence-electron chi connectivity index (χ0n) is 19.2. The number of fused-ring (bicyclic) bond motifs is 1. The molecule has 33 heavy (non-hydrogen) atoms. The molecule has 0 fully saturated rings. The molecule has 0 aliphatic carbocycles. The van der Waals surface area contributed by atoms with Crippen LogP contribution in [0.5, 0.6) is 0 Å². The van der Waals surface area contributed by atoms with Gasteiger partial charge < -0.3 is 4.74 Å². The van der Waals surface area contributed by atoms with Crippen molar-refractivity contribution in [3.8, 4) is 0 Å². The van der Waals surface area contributed by atoms with Crippen molar-refractivity contribution in [2.24, 2.45) is 4.99 Å². The minimum Gasteiger partial charge on any atom is -0.466 e. The summed E-state index contributed by atoms with van der Waals surface area (Å²) in [7, 11) is 1.32. The number of methoxy groups -OCH3 is 1. The number of benzene rings is 2. The molecule has 0 bridgehead atoms. The molecule has 0 saturated heterocycles. The van der Waals surface area contributed by atoms with Crippen molar-refractivity contribution in [2.45, 2.75) is 39.2 Å². The van der Waals surface area contributed by atoms with E-state index in [1.807, 2.05) is 36.4 Å². The van der Waals surface area contributed by atoms with Crippen LogP contribution < -0.4 is 14.9 Å². The van der Waals surface area contributed by atoms with E-state index < -0.39 is 12.0 Å². The number of hydrogen-bond donors (Lipinski definition) is 0. The number of nitrogens with zero attached hydrogens (tertiary/aromatic N) is 2. The van der Waals surface area contributed by atoms with Crippen molar-refractivity contribution < 1.29 is 9.53 Å². The molecule has 0 saturated carbocycles. The lowest BCUT2D eigenvalue weighted by atomic mass is 9.87. The molecule has 5 nitrogen and oxygen atoms in total. The fraction of sp³-hybridized carbons (Fsp3) is 0.269. The lowest BCUT2D eigenvalue weighted by molar-refractivity contribution is -0.136. The molecular weight excluding hydrogens is 456 g/mol. The molecule has 3 aromatic rings. The number of carbonyl (C=O) groups excluding carboxylic acids is 1. The van der Waals surface area contributed by atoms with E-state index in [4.69, 9.17) is 16.3 Å². The molecule has 0 unspecified atom stereocenters. The lowest BCUT2D eigenvalue weighted by Gasteiger charge is -2.25. The highest BCUT2D eigenvalue weighted by Gasteiger charge is 2.34. The number of carbonyl (C=O) groups is 1. The maximum absolute atomic E-state index is 13.6. The number of thiazole rings is 1. The zero-order valence-corrected chi connectivity index (χ0v) is 20.8. The minimum atomic E-state index is -0.715. The van der Waals surface area contributed by atoms with Crippen LogP contribution >= 0.6 is 22.9 Å². The number of allylic oxidation sites excluding steroid dienone is 1. The van der Waals surface area contributed by atoms with E-state index >= 15 is 0 Å². The largest absolute Gasteiger partial charge is 0.466 e. The van der Waals surface area contributed by atoms with Gasteiger partial charge in [0.15, 0.2) is 4.80 Å². The third kappa shape index (κ3) is 4.33. The standard InChI is InChI=1S/C26H25ClN2O3S/c1-15-21(24(31)32-5)22(18-8-6-7-9-19(18)27)29-23(30)20(33-25(29)28-15)14-16-10-12-17(13-11-16)26(2,3)4/h6-14,22H,1-5H3/t22-/m1/s1. The molecule has 0 radical (unpaired) electrons. The summed E-state index contributed by atoms with van der Waals surface area (Å²) in [5.41, 5.74) is 3.43.